The molecule has 2 aromatic carbocycles. The van der Waals surface area contributed by atoms with Gasteiger partial charge < -0.3 is 10.5 Å². The van der Waals surface area contributed by atoms with Crippen LogP contribution in [0.5, 0.6) is 0 Å². The zero-order valence-electron chi connectivity index (χ0n) is 19.4. The molecule has 0 aromatic heterocycles. The van der Waals surface area contributed by atoms with Gasteiger partial charge in [-0.05, 0) is 86.5 Å². The summed E-state index contributed by atoms with van der Waals surface area (Å²) in [5.74, 6) is -1.79. The fourth-order valence-corrected chi connectivity index (χ4v) is 5.59. The number of hydrogen-bond acceptors (Lipinski definition) is 3. The molecule has 190 valence electrons. The quantitative estimate of drug-likeness (QED) is 0.510. The topological polar surface area (TPSA) is 55.6 Å². The van der Waals surface area contributed by atoms with Crippen LogP contribution in [0.15, 0.2) is 42.5 Å². The molecule has 1 heterocycles. The SMILES string of the molecule is CC(OC1CCC(CN2CCCC2C(N)=O)C1c1ccc(F)cc1)c1cc(F)cc(C(F)(F)F)c1. The Morgan fingerprint density at radius 1 is 1.09 bits per heavy atom. The van der Waals surface area contributed by atoms with Crippen LogP contribution >= 0.6 is 0 Å². The van der Waals surface area contributed by atoms with E-state index in [0.29, 0.717) is 25.5 Å². The van der Waals surface area contributed by atoms with Gasteiger partial charge in [0.1, 0.15) is 11.6 Å². The van der Waals surface area contributed by atoms with Crippen LogP contribution in [0.2, 0.25) is 0 Å². The lowest BCUT2D eigenvalue weighted by Crippen LogP contribution is -2.43. The highest BCUT2D eigenvalue weighted by Gasteiger charge is 2.42. The number of carbonyl (C=O) groups excluding carboxylic acids is 1. The number of rotatable bonds is 7. The van der Waals surface area contributed by atoms with Crippen LogP contribution in [0.3, 0.4) is 0 Å². The number of carbonyl (C=O) groups is 1. The third-order valence-corrected chi connectivity index (χ3v) is 7.24. The number of likely N-dealkylation sites (tertiary alicyclic amines) is 1. The molecule has 0 bridgehead atoms. The number of nitrogens with two attached hydrogens (primary N) is 1. The predicted octanol–water partition coefficient (Wildman–Crippen LogP) is 5.57. The second-order valence-corrected chi connectivity index (χ2v) is 9.56. The molecule has 9 heteroatoms. The van der Waals surface area contributed by atoms with Crippen molar-refractivity contribution in [3.05, 3.63) is 70.8 Å². The van der Waals surface area contributed by atoms with Crippen LogP contribution in [0, 0.1) is 17.6 Å². The summed E-state index contributed by atoms with van der Waals surface area (Å²) >= 11 is 0. The van der Waals surface area contributed by atoms with Crippen molar-refractivity contribution >= 4 is 5.91 Å². The minimum Gasteiger partial charge on any atom is -0.370 e. The average Bonchev–Trinajstić information content (AvgIpc) is 3.41. The van der Waals surface area contributed by atoms with Crippen molar-refractivity contribution < 1.29 is 31.5 Å². The Balaban J connectivity index is 1.57. The normalized spacial score (nSPS) is 26.2. The number of benzene rings is 2. The van der Waals surface area contributed by atoms with Crippen LogP contribution in [0.25, 0.3) is 0 Å². The van der Waals surface area contributed by atoms with E-state index < -0.39 is 23.7 Å². The van der Waals surface area contributed by atoms with Gasteiger partial charge in [0, 0.05) is 12.5 Å². The monoisotopic (exact) mass is 496 g/mol. The van der Waals surface area contributed by atoms with E-state index in [9.17, 15) is 26.7 Å². The number of alkyl halides is 3. The molecular formula is C26H29F5N2O2. The molecule has 4 rings (SSSR count). The molecular weight excluding hydrogens is 467 g/mol. The average molecular weight is 497 g/mol. The maximum Gasteiger partial charge on any atom is 0.416 e. The first-order valence-electron chi connectivity index (χ1n) is 11.8. The highest BCUT2D eigenvalue weighted by molar-refractivity contribution is 5.80. The van der Waals surface area contributed by atoms with Gasteiger partial charge in [-0.1, -0.05) is 12.1 Å². The Morgan fingerprint density at radius 3 is 2.46 bits per heavy atom. The molecule has 0 spiro atoms. The summed E-state index contributed by atoms with van der Waals surface area (Å²) in [6, 6.07) is 8.24. The molecule has 5 atom stereocenters. The van der Waals surface area contributed by atoms with E-state index in [2.05, 4.69) is 4.90 Å². The zero-order chi connectivity index (χ0) is 25.3. The van der Waals surface area contributed by atoms with E-state index in [4.69, 9.17) is 10.5 Å². The van der Waals surface area contributed by atoms with E-state index in [1.54, 1.807) is 19.1 Å². The van der Waals surface area contributed by atoms with E-state index in [0.717, 1.165) is 37.1 Å². The molecule has 1 aliphatic carbocycles. The molecule has 1 saturated heterocycles. The first kappa shape index (κ1) is 25.6. The summed E-state index contributed by atoms with van der Waals surface area (Å²) in [4.78, 5) is 14.0. The molecule has 1 aliphatic heterocycles. The van der Waals surface area contributed by atoms with Gasteiger partial charge in [-0.15, -0.1) is 0 Å². The van der Waals surface area contributed by atoms with Crippen LogP contribution in [-0.2, 0) is 15.7 Å². The second kappa shape index (κ2) is 10.2. The summed E-state index contributed by atoms with van der Waals surface area (Å²) in [5.41, 5.74) is 5.48. The maximum atomic E-state index is 14.0. The molecule has 2 N–H and O–H groups in total. The van der Waals surface area contributed by atoms with Crippen molar-refractivity contribution in [3.63, 3.8) is 0 Å². The lowest BCUT2D eigenvalue weighted by molar-refractivity contribution is -0.138. The number of primary amides is 1. The fraction of sp³-hybridized carbons (Fsp3) is 0.500. The van der Waals surface area contributed by atoms with Gasteiger partial charge in [-0.25, -0.2) is 8.78 Å². The minimum atomic E-state index is -4.67. The van der Waals surface area contributed by atoms with Gasteiger partial charge in [0.2, 0.25) is 5.91 Å². The molecule has 0 radical (unpaired) electrons. The minimum absolute atomic E-state index is 0.0795. The summed E-state index contributed by atoms with van der Waals surface area (Å²) < 4.78 is 73.4. The number of halogens is 5. The van der Waals surface area contributed by atoms with Crippen molar-refractivity contribution in [2.75, 3.05) is 13.1 Å². The van der Waals surface area contributed by atoms with Crippen molar-refractivity contribution in [1.29, 1.82) is 0 Å². The second-order valence-electron chi connectivity index (χ2n) is 9.56. The summed E-state index contributed by atoms with van der Waals surface area (Å²) in [5, 5.41) is 0. The van der Waals surface area contributed by atoms with Crippen LogP contribution in [0.4, 0.5) is 22.0 Å². The molecule has 1 saturated carbocycles. The molecule has 5 unspecified atom stereocenters. The summed E-state index contributed by atoms with van der Waals surface area (Å²) in [7, 11) is 0. The lowest BCUT2D eigenvalue weighted by atomic mass is 9.86. The largest absolute Gasteiger partial charge is 0.416 e. The predicted molar refractivity (Wildman–Crippen MR) is 120 cm³/mol. The van der Waals surface area contributed by atoms with Crippen molar-refractivity contribution in [1.82, 2.24) is 4.90 Å². The van der Waals surface area contributed by atoms with Gasteiger partial charge >= 0.3 is 6.18 Å². The molecule has 1 amide bonds. The van der Waals surface area contributed by atoms with Gasteiger partial charge in [0.05, 0.1) is 23.8 Å². The highest BCUT2D eigenvalue weighted by Crippen LogP contribution is 2.45. The first-order chi connectivity index (χ1) is 16.5. The number of amides is 1. The van der Waals surface area contributed by atoms with E-state index in [1.807, 2.05) is 0 Å². The van der Waals surface area contributed by atoms with Gasteiger partial charge in [0.15, 0.2) is 0 Å². The first-order valence-corrected chi connectivity index (χ1v) is 11.8. The van der Waals surface area contributed by atoms with E-state index >= 15 is 0 Å². The molecule has 2 fully saturated rings. The molecule has 35 heavy (non-hydrogen) atoms. The number of ether oxygens (including phenoxy) is 1. The fourth-order valence-electron chi connectivity index (χ4n) is 5.59. The third-order valence-electron chi connectivity index (χ3n) is 7.24. The molecule has 4 nitrogen and oxygen atoms in total. The Bertz CT molecular complexity index is 1040. The third kappa shape index (κ3) is 5.83. The number of nitrogens with zero attached hydrogens (tertiary/aromatic N) is 1. The Kier molecular flexibility index (Phi) is 7.47. The highest BCUT2D eigenvalue weighted by atomic mass is 19.4. The van der Waals surface area contributed by atoms with Crippen LogP contribution < -0.4 is 5.73 Å². The Labute approximate surface area is 201 Å². The summed E-state index contributed by atoms with van der Waals surface area (Å²) in [6.07, 6.45) is -2.85. The maximum absolute atomic E-state index is 14.0. The molecule has 2 aromatic rings. The number of hydrogen-bond donors (Lipinski definition) is 1. The Hall–Kier alpha value is -2.52. The molecule has 2 aliphatic rings. The zero-order valence-corrected chi connectivity index (χ0v) is 19.4. The smallest absolute Gasteiger partial charge is 0.370 e. The van der Waals surface area contributed by atoms with Crippen molar-refractivity contribution in [2.45, 2.75) is 63.0 Å². The van der Waals surface area contributed by atoms with Gasteiger partial charge in [-0.3, -0.25) is 9.69 Å². The van der Waals surface area contributed by atoms with E-state index in [1.165, 1.54) is 12.1 Å². The lowest BCUT2D eigenvalue weighted by Gasteiger charge is -2.32. The standard InChI is InChI=1S/C26H29F5N2O2/c1-15(18-11-19(26(29,30)31)13-21(28)12-18)35-23-9-6-17(14-33-10-2-3-22(33)25(32)34)24(23)16-4-7-20(27)8-5-16/h4-5,7-8,11-13,15,17,22-24H,2-3,6,9-10,14H2,1H3,(H2,32,34). The van der Waals surface area contributed by atoms with E-state index in [-0.39, 0.29) is 41.3 Å². The van der Waals surface area contributed by atoms with Gasteiger partial charge in [-0.2, -0.15) is 13.2 Å². The van der Waals surface area contributed by atoms with Crippen molar-refractivity contribution in [3.8, 4) is 0 Å². The summed E-state index contributed by atoms with van der Waals surface area (Å²) in [6.45, 7) is 2.97. The van der Waals surface area contributed by atoms with Gasteiger partial charge in [0.25, 0.3) is 0 Å². The van der Waals surface area contributed by atoms with Crippen LogP contribution in [0.1, 0.15) is 61.3 Å². The Morgan fingerprint density at radius 2 is 1.80 bits per heavy atom. The van der Waals surface area contributed by atoms with Crippen LogP contribution in [-0.4, -0.2) is 36.0 Å². The van der Waals surface area contributed by atoms with Crippen molar-refractivity contribution in [2.24, 2.45) is 11.7 Å².